The summed E-state index contributed by atoms with van der Waals surface area (Å²) in [6.45, 7) is 3.81. The number of anilines is 2. The Balaban J connectivity index is 1.44. The van der Waals surface area contributed by atoms with Gasteiger partial charge in [-0.3, -0.25) is 4.79 Å². The Hall–Kier alpha value is -2.12. The number of nitrogens with zero attached hydrogens (tertiary/aromatic N) is 1. The zero-order chi connectivity index (χ0) is 18.4. The summed E-state index contributed by atoms with van der Waals surface area (Å²) in [5.41, 5.74) is 1.48. The second-order valence-electron chi connectivity index (χ2n) is 7.27. The number of likely N-dealkylation sites (tertiary alicyclic amines) is 1. The minimum absolute atomic E-state index is 0.0761. The highest BCUT2D eigenvalue weighted by molar-refractivity contribution is 5.93. The molecule has 26 heavy (non-hydrogen) atoms. The number of hydrogen-bond donors (Lipinski definition) is 4. The van der Waals surface area contributed by atoms with Gasteiger partial charge in [0.25, 0.3) is 0 Å². The van der Waals surface area contributed by atoms with Crippen molar-refractivity contribution in [2.24, 2.45) is 5.92 Å². The van der Waals surface area contributed by atoms with Gasteiger partial charge >= 0.3 is 6.03 Å². The zero-order valence-corrected chi connectivity index (χ0v) is 15.4. The van der Waals surface area contributed by atoms with Crippen LogP contribution in [0.15, 0.2) is 24.3 Å². The molecule has 7 heteroatoms. The number of amides is 3. The van der Waals surface area contributed by atoms with Crippen LogP contribution < -0.4 is 21.3 Å². The molecule has 2 fully saturated rings. The molecular formula is C19H29N5O2. The van der Waals surface area contributed by atoms with Gasteiger partial charge < -0.3 is 26.2 Å². The van der Waals surface area contributed by atoms with Crippen LogP contribution in [0.3, 0.4) is 0 Å². The highest BCUT2D eigenvalue weighted by Gasteiger charge is 2.21. The third-order valence-corrected chi connectivity index (χ3v) is 5.17. The van der Waals surface area contributed by atoms with Crippen LogP contribution in [0.4, 0.5) is 16.2 Å². The van der Waals surface area contributed by atoms with E-state index in [1.807, 2.05) is 24.3 Å². The molecule has 0 aromatic heterocycles. The molecule has 0 radical (unpaired) electrons. The van der Waals surface area contributed by atoms with Crippen molar-refractivity contribution in [3.05, 3.63) is 24.3 Å². The quantitative estimate of drug-likeness (QED) is 0.661. The zero-order valence-electron chi connectivity index (χ0n) is 15.4. The maximum Gasteiger partial charge on any atom is 0.319 e. The van der Waals surface area contributed by atoms with E-state index in [-0.39, 0.29) is 23.9 Å². The summed E-state index contributed by atoms with van der Waals surface area (Å²) in [6.07, 6.45) is 3.71. The average Bonchev–Trinajstić information content (AvgIpc) is 2.66. The molecule has 4 N–H and O–H groups in total. The molecule has 2 aliphatic rings. The molecule has 2 aliphatic heterocycles. The molecule has 0 atom stereocenters. The van der Waals surface area contributed by atoms with Crippen LogP contribution in [0.25, 0.3) is 0 Å². The lowest BCUT2D eigenvalue weighted by molar-refractivity contribution is -0.120. The summed E-state index contributed by atoms with van der Waals surface area (Å²) in [7, 11) is 2.10. The van der Waals surface area contributed by atoms with Gasteiger partial charge in [0, 0.05) is 23.3 Å². The highest BCUT2D eigenvalue weighted by Crippen LogP contribution is 2.18. The molecule has 1 aromatic rings. The van der Waals surface area contributed by atoms with E-state index in [9.17, 15) is 9.59 Å². The van der Waals surface area contributed by atoms with E-state index < -0.39 is 0 Å². The van der Waals surface area contributed by atoms with E-state index in [2.05, 4.69) is 33.2 Å². The molecule has 0 saturated carbocycles. The lowest BCUT2D eigenvalue weighted by Crippen LogP contribution is -2.44. The Morgan fingerprint density at radius 1 is 0.962 bits per heavy atom. The van der Waals surface area contributed by atoms with Gasteiger partial charge in [-0.1, -0.05) is 0 Å². The molecule has 0 spiro atoms. The Bertz CT molecular complexity index is 605. The molecule has 2 heterocycles. The average molecular weight is 359 g/mol. The van der Waals surface area contributed by atoms with Crippen LogP contribution in [-0.4, -0.2) is 56.1 Å². The molecule has 3 amide bonds. The molecular weight excluding hydrogens is 330 g/mol. The number of hydrogen-bond acceptors (Lipinski definition) is 4. The standard InChI is InChI=1S/C19H29N5O2/c1-24-12-8-17(9-13-24)23-19(26)22-16-4-2-15(3-5-16)21-18(25)14-6-10-20-11-7-14/h2-5,14,17,20H,6-13H2,1H3,(H,21,25)(H2,22,23,26). The predicted molar refractivity (Wildman–Crippen MR) is 103 cm³/mol. The van der Waals surface area contributed by atoms with Gasteiger partial charge in [0.2, 0.25) is 5.91 Å². The normalized spacial score (nSPS) is 19.7. The molecule has 0 bridgehead atoms. The first kappa shape index (κ1) is 18.7. The number of rotatable bonds is 4. The number of urea groups is 1. The van der Waals surface area contributed by atoms with Crippen LogP contribution in [0, 0.1) is 5.92 Å². The molecule has 142 valence electrons. The van der Waals surface area contributed by atoms with Gasteiger partial charge in [-0.25, -0.2) is 4.79 Å². The molecule has 7 nitrogen and oxygen atoms in total. The van der Waals surface area contributed by atoms with Gasteiger partial charge in [0.15, 0.2) is 0 Å². The van der Waals surface area contributed by atoms with E-state index in [1.165, 1.54) is 0 Å². The van der Waals surface area contributed by atoms with Gasteiger partial charge in [0.05, 0.1) is 0 Å². The fraction of sp³-hybridized carbons (Fsp3) is 0.579. The smallest absolute Gasteiger partial charge is 0.319 e. The Morgan fingerprint density at radius 2 is 1.54 bits per heavy atom. The Labute approximate surface area is 154 Å². The third kappa shape index (κ3) is 5.44. The molecule has 2 saturated heterocycles. The Kier molecular flexibility index (Phi) is 6.46. The summed E-state index contributed by atoms with van der Waals surface area (Å²) in [5, 5.41) is 12.1. The van der Waals surface area contributed by atoms with E-state index in [0.717, 1.165) is 63.2 Å². The van der Waals surface area contributed by atoms with Crippen molar-refractivity contribution < 1.29 is 9.59 Å². The topological polar surface area (TPSA) is 85.5 Å². The largest absolute Gasteiger partial charge is 0.335 e. The second-order valence-corrected chi connectivity index (χ2v) is 7.27. The van der Waals surface area contributed by atoms with Crippen molar-refractivity contribution in [3.8, 4) is 0 Å². The lowest BCUT2D eigenvalue weighted by Gasteiger charge is -2.29. The first-order chi connectivity index (χ1) is 12.6. The summed E-state index contributed by atoms with van der Waals surface area (Å²) >= 11 is 0. The number of carbonyl (C=O) groups is 2. The van der Waals surface area contributed by atoms with Gasteiger partial charge in [-0.2, -0.15) is 0 Å². The maximum absolute atomic E-state index is 12.3. The first-order valence-electron chi connectivity index (χ1n) is 9.48. The lowest BCUT2D eigenvalue weighted by atomic mass is 9.97. The van der Waals surface area contributed by atoms with E-state index in [0.29, 0.717) is 0 Å². The maximum atomic E-state index is 12.3. The summed E-state index contributed by atoms with van der Waals surface area (Å²) in [4.78, 5) is 26.6. The van der Waals surface area contributed by atoms with Gasteiger partial charge in [0.1, 0.15) is 0 Å². The minimum Gasteiger partial charge on any atom is -0.335 e. The Morgan fingerprint density at radius 3 is 2.15 bits per heavy atom. The summed E-state index contributed by atoms with van der Waals surface area (Å²) < 4.78 is 0. The minimum atomic E-state index is -0.175. The molecule has 1 aromatic carbocycles. The molecule has 0 aliphatic carbocycles. The number of benzene rings is 1. The molecule has 3 rings (SSSR count). The van der Waals surface area contributed by atoms with E-state index >= 15 is 0 Å². The van der Waals surface area contributed by atoms with E-state index in [1.54, 1.807) is 0 Å². The molecule has 0 unspecified atom stereocenters. The van der Waals surface area contributed by atoms with Crippen molar-refractivity contribution in [2.45, 2.75) is 31.7 Å². The van der Waals surface area contributed by atoms with Crippen LogP contribution in [0.1, 0.15) is 25.7 Å². The monoisotopic (exact) mass is 359 g/mol. The first-order valence-corrected chi connectivity index (χ1v) is 9.48. The van der Waals surface area contributed by atoms with E-state index in [4.69, 9.17) is 0 Å². The predicted octanol–water partition coefficient (Wildman–Crippen LogP) is 1.84. The van der Waals surface area contributed by atoms with Gasteiger partial charge in [-0.05, 0) is 83.2 Å². The van der Waals surface area contributed by atoms with Crippen molar-refractivity contribution in [2.75, 3.05) is 43.9 Å². The van der Waals surface area contributed by atoms with Crippen molar-refractivity contribution in [3.63, 3.8) is 0 Å². The van der Waals surface area contributed by atoms with Crippen LogP contribution in [0.2, 0.25) is 0 Å². The van der Waals surface area contributed by atoms with Crippen LogP contribution in [0.5, 0.6) is 0 Å². The fourth-order valence-electron chi connectivity index (χ4n) is 3.47. The fourth-order valence-corrected chi connectivity index (χ4v) is 3.47. The number of nitrogens with one attached hydrogen (secondary N) is 4. The van der Waals surface area contributed by atoms with Gasteiger partial charge in [-0.15, -0.1) is 0 Å². The summed E-state index contributed by atoms with van der Waals surface area (Å²) in [6, 6.07) is 7.33. The SMILES string of the molecule is CN1CCC(NC(=O)Nc2ccc(NC(=O)C3CCNCC3)cc2)CC1. The second kappa shape index (κ2) is 9.00. The third-order valence-electron chi connectivity index (χ3n) is 5.17. The van der Waals surface area contributed by atoms with Crippen molar-refractivity contribution in [1.29, 1.82) is 0 Å². The van der Waals surface area contributed by atoms with Crippen LogP contribution in [-0.2, 0) is 4.79 Å². The number of carbonyl (C=O) groups excluding carboxylic acids is 2. The highest BCUT2D eigenvalue weighted by atomic mass is 16.2. The van der Waals surface area contributed by atoms with Crippen molar-refractivity contribution >= 4 is 23.3 Å². The van der Waals surface area contributed by atoms with Crippen LogP contribution >= 0.6 is 0 Å². The van der Waals surface area contributed by atoms with Crippen molar-refractivity contribution in [1.82, 2.24) is 15.5 Å². The number of piperidine rings is 2. The summed E-state index contributed by atoms with van der Waals surface area (Å²) in [5.74, 6) is 0.154.